The molecule has 1 aliphatic rings. The van der Waals surface area contributed by atoms with Gasteiger partial charge in [-0.2, -0.15) is 0 Å². The Labute approximate surface area is 91.8 Å². The average Bonchev–Trinajstić information content (AvgIpc) is 2.56. The van der Waals surface area contributed by atoms with Gasteiger partial charge in [0.15, 0.2) is 0 Å². The second-order valence-corrected chi connectivity index (χ2v) is 4.52. The van der Waals surface area contributed by atoms with Crippen LogP contribution in [0.25, 0.3) is 0 Å². The molecule has 2 nitrogen and oxygen atoms in total. The van der Waals surface area contributed by atoms with Crippen LogP contribution in [0.2, 0.25) is 0 Å². The van der Waals surface area contributed by atoms with Crippen molar-refractivity contribution in [3.8, 4) is 0 Å². The number of nitrogens with one attached hydrogen (secondary N) is 1. The summed E-state index contributed by atoms with van der Waals surface area (Å²) < 4.78 is 1.08. The topological polar surface area (TPSA) is 29.1 Å². The normalized spacial score (nSPS) is 20.9. The minimum absolute atomic E-state index is 0.177. The molecule has 1 aromatic rings. The van der Waals surface area contributed by atoms with E-state index in [0.29, 0.717) is 0 Å². The predicted molar refractivity (Wildman–Crippen MR) is 59.0 cm³/mol. The zero-order valence-electron chi connectivity index (χ0n) is 7.79. The van der Waals surface area contributed by atoms with Gasteiger partial charge < -0.3 is 5.32 Å². The fraction of sp³-hybridized carbons (Fsp3) is 0.364. The number of hydrogen-bond donors (Lipinski definition) is 1. The van der Waals surface area contributed by atoms with E-state index in [1.165, 1.54) is 5.56 Å². The van der Waals surface area contributed by atoms with E-state index in [9.17, 15) is 4.79 Å². The Hall–Kier alpha value is -0.830. The molecule has 0 spiro atoms. The Kier molecular flexibility index (Phi) is 2.87. The lowest BCUT2D eigenvalue weighted by atomic mass is 9.98. The van der Waals surface area contributed by atoms with Crippen LogP contribution in [0.4, 0.5) is 0 Å². The molecule has 1 heterocycles. The molecule has 1 aliphatic heterocycles. The predicted octanol–water partition coefficient (Wildman–Crippen LogP) is 2.13. The Morgan fingerprint density at radius 1 is 1.36 bits per heavy atom. The van der Waals surface area contributed by atoms with Gasteiger partial charge in [0.05, 0.1) is 0 Å². The number of hydrogen-bond acceptors (Lipinski definition) is 1. The molecule has 74 valence electrons. The molecule has 14 heavy (non-hydrogen) atoms. The Morgan fingerprint density at radius 2 is 2.07 bits per heavy atom. The summed E-state index contributed by atoms with van der Waals surface area (Å²) in [5.74, 6) is 0.379. The summed E-state index contributed by atoms with van der Waals surface area (Å²) in [6.45, 7) is 0.833. The smallest absolute Gasteiger partial charge is 0.223 e. The summed E-state index contributed by atoms with van der Waals surface area (Å²) in [5, 5.41) is 2.85. The number of benzene rings is 1. The van der Waals surface area contributed by atoms with E-state index in [1.807, 2.05) is 12.1 Å². The number of amides is 1. The van der Waals surface area contributed by atoms with Gasteiger partial charge >= 0.3 is 0 Å². The first-order valence-electron chi connectivity index (χ1n) is 4.78. The first kappa shape index (κ1) is 9.71. The van der Waals surface area contributed by atoms with Gasteiger partial charge in [0.2, 0.25) is 5.91 Å². The molecule has 0 radical (unpaired) electrons. The van der Waals surface area contributed by atoms with Gasteiger partial charge in [0.25, 0.3) is 0 Å². The summed E-state index contributed by atoms with van der Waals surface area (Å²) in [5.41, 5.74) is 1.23. The third kappa shape index (κ3) is 2.15. The molecule has 3 heteroatoms. The van der Waals surface area contributed by atoms with Crippen LogP contribution >= 0.6 is 15.9 Å². The van der Waals surface area contributed by atoms with Crippen molar-refractivity contribution in [1.82, 2.24) is 5.32 Å². The van der Waals surface area contributed by atoms with Crippen molar-refractivity contribution >= 4 is 21.8 Å². The zero-order valence-corrected chi connectivity index (χ0v) is 9.38. The third-order valence-corrected chi connectivity index (χ3v) is 3.09. The van der Waals surface area contributed by atoms with E-state index in [-0.39, 0.29) is 11.8 Å². The first-order valence-corrected chi connectivity index (χ1v) is 5.57. The molecular weight excluding hydrogens is 242 g/mol. The molecule has 0 bridgehead atoms. The Morgan fingerprint density at radius 3 is 2.64 bits per heavy atom. The number of halogens is 1. The van der Waals surface area contributed by atoms with E-state index >= 15 is 0 Å². The van der Waals surface area contributed by atoms with Crippen LogP contribution in [0, 0.1) is 5.92 Å². The largest absolute Gasteiger partial charge is 0.356 e. The monoisotopic (exact) mass is 253 g/mol. The van der Waals surface area contributed by atoms with Crippen LogP contribution in [0.3, 0.4) is 0 Å². The molecule has 1 amide bonds. The van der Waals surface area contributed by atoms with Crippen LogP contribution in [0.5, 0.6) is 0 Å². The van der Waals surface area contributed by atoms with Gasteiger partial charge in [-0.25, -0.2) is 0 Å². The summed E-state index contributed by atoms with van der Waals surface area (Å²) in [7, 11) is 0. The number of carbonyl (C=O) groups is 1. The summed E-state index contributed by atoms with van der Waals surface area (Å²) >= 11 is 3.39. The maximum atomic E-state index is 11.3. The van der Waals surface area contributed by atoms with E-state index in [0.717, 1.165) is 23.9 Å². The van der Waals surface area contributed by atoms with Crippen molar-refractivity contribution < 1.29 is 4.79 Å². The molecule has 2 rings (SSSR count). The molecule has 1 saturated heterocycles. The van der Waals surface area contributed by atoms with Crippen molar-refractivity contribution in [2.45, 2.75) is 12.8 Å². The SMILES string of the molecule is O=C1NCC[C@@H]1Cc1ccc(Br)cc1. The van der Waals surface area contributed by atoms with Gasteiger partial charge in [-0.1, -0.05) is 28.1 Å². The number of rotatable bonds is 2. The first-order chi connectivity index (χ1) is 6.75. The van der Waals surface area contributed by atoms with Crippen molar-refractivity contribution in [1.29, 1.82) is 0 Å². The summed E-state index contributed by atoms with van der Waals surface area (Å²) in [6.07, 6.45) is 1.83. The quantitative estimate of drug-likeness (QED) is 0.860. The molecular formula is C11H12BrNO. The van der Waals surface area contributed by atoms with E-state index in [4.69, 9.17) is 0 Å². The summed E-state index contributed by atoms with van der Waals surface area (Å²) in [6, 6.07) is 8.16. The highest BCUT2D eigenvalue weighted by Gasteiger charge is 2.23. The van der Waals surface area contributed by atoms with Crippen molar-refractivity contribution in [3.05, 3.63) is 34.3 Å². The lowest BCUT2D eigenvalue weighted by molar-refractivity contribution is -0.122. The molecule has 0 aliphatic carbocycles. The van der Waals surface area contributed by atoms with Gasteiger partial charge in [0.1, 0.15) is 0 Å². The Bertz CT molecular complexity index is 334. The van der Waals surface area contributed by atoms with Crippen molar-refractivity contribution in [2.75, 3.05) is 6.54 Å². The number of carbonyl (C=O) groups excluding carboxylic acids is 1. The highest BCUT2D eigenvalue weighted by Crippen LogP contribution is 2.18. The molecule has 1 N–H and O–H groups in total. The zero-order chi connectivity index (χ0) is 9.97. The van der Waals surface area contributed by atoms with Crippen LogP contribution in [0.1, 0.15) is 12.0 Å². The molecule has 1 fully saturated rings. The van der Waals surface area contributed by atoms with Gasteiger partial charge in [-0.3, -0.25) is 4.79 Å². The van der Waals surface area contributed by atoms with Gasteiger partial charge in [-0.15, -0.1) is 0 Å². The van der Waals surface area contributed by atoms with Crippen LogP contribution in [-0.2, 0) is 11.2 Å². The minimum Gasteiger partial charge on any atom is -0.356 e. The summed E-state index contributed by atoms with van der Waals surface area (Å²) in [4.78, 5) is 11.3. The third-order valence-electron chi connectivity index (χ3n) is 2.56. The second-order valence-electron chi connectivity index (χ2n) is 3.61. The highest BCUT2D eigenvalue weighted by atomic mass is 79.9. The maximum absolute atomic E-state index is 11.3. The maximum Gasteiger partial charge on any atom is 0.223 e. The highest BCUT2D eigenvalue weighted by molar-refractivity contribution is 9.10. The standard InChI is InChI=1S/C11H12BrNO/c12-10-3-1-8(2-4-10)7-9-5-6-13-11(9)14/h1-4,9H,5-7H2,(H,13,14)/t9-/m1/s1. The Balaban J connectivity index is 2.03. The molecule has 0 aromatic heterocycles. The fourth-order valence-electron chi connectivity index (χ4n) is 1.74. The van der Waals surface area contributed by atoms with Crippen molar-refractivity contribution in [3.63, 3.8) is 0 Å². The molecule has 0 saturated carbocycles. The molecule has 0 unspecified atom stereocenters. The minimum atomic E-state index is 0.177. The van der Waals surface area contributed by atoms with Crippen LogP contribution in [0.15, 0.2) is 28.7 Å². The van der Waals surface area contributed by atoms with Gasteiger partial charge in [-0.05, 0) is 30.5 Å². The lowest BCUT2D eigenvalue weighted by Crippen LogP contribution is -2.20. The molecule has 1 aromatic carbocycles. The fourth-order valence-corrected chi connectivity index (χ4v) is 2.01. The van der Waals surface area contributed by atoms with E-state index in [2.05, 4.69) is 33.4 Å². The van der Waals surface area contributed by atoms with Crippen LogP contribution in [-0.4, -0.2) is 12.5 Å². The van der Waals surface area contributed by atoms with E-state index < -0.39 is 0 Å². The van der Waals surface area contributed by atoms with Gasteiger partial charge in [0, 0.05) is 16.9 Å². The average molecular weight is 254 g/mol. The van der Waals surface area contributed by atoms with Crippen LogP contribution < -0.4 is 5.32 Å². The molecule has 1 atom stereocenters. The van der Waals surface area contributed by atoms with E-state index in [1.54, 1.807) is 0 Å². The lowest BCUT2D eigenvalue weighted by Gasteiger charge is -2.06. The second kappa shape index (κ2) is 4.13. The van der Waals surface area contributed by atoms with Crippen molar-refractivity contribution in [2.24, 2.45) is 5.92 Å².